The number of carbonyl (C=O) groups is 2. The van der Waals surface area contributed by atoms with Crippen LogP contribution in [0.15, 0.2) is 17.7 Å². The predicted molar refractivity (Wildman–Crippen MR) is 81.7 cm³/mol. The Morgan fingerprint density at radius 3 is 2.62 bits per heavy atom. The molecule has 0 spiro atoms. The molecule has 0 aromatic carbocycles. The Hall–Kier alpha value is -1.89. The molecular formula is C14H19N3O3S. The largest absolute Gasteiger partial charge is 0.478 e. The lowest BCUT2D eigenvalue weighted by molar-refractivity contribution is -0.118. The average Bonchev–Trinajstić information content (AvgIpc) is 2.41. The van der Waals surface area contributed by atoms with Crippen LogP contribution in [0.4, 0.5) is 0 Å². The standard InChI is InChI=1S/C14H19N3O3S/c1-5-6-15-10(18)7-21-13-11(14(19)20)9(4)16-12(17-13)8(2)3/h5,8H,1,6-7H2,2-4H3,(H,15,18)(H,19,20). The van der Waals surface area contributed by atoms with Gasteiger partial charge in [0.05, 0.1) is 11.4 Å². The van der Waals surface area contributed by atoms with E-state index in [4.69, 9.17) is 0 Å². The zero-order valence-electron chi connectivity index (χ0n) is 12.3. The van der Waals surface area contributed by atoms with Crippen molar-refractivity contribution in [1.82, 2.24) is 15.3 Å². The summed E-state index contributed by atoms with van der Waals surface area (Å²) in [5.41, 5.74) is 0.469. The van der Waals surface area contributed by atoms with E-state index in [0.717, 1.165) is 11.8 Å². The molecule has 2 N–H and O–H groups in total. The van der Waals surface area contributed by atoms with E-state index in [1.54, 1.807) is 13.0 Å². The van der Waals surface area contributed by atoms with Crippen molar-refractivity contribution in [2.75, 3.05) is 12.3 Å². The van der Waals surface area contributed by atoms with Crippen molar-refractivity contribution in [3.8, 4) is 0 Å². The lowest BCUT2D eigenvalue weighted by Crippen LogP contribution is -2.25. The number of carboxylic acids is 1. The number of aryl methyl sites for hydroxylation is 1. The van der Waals surface area contributed by atoms with Gasteiger partial charge < -0.3 is 10.4 Å². The molecule has 0 radical (unpaired) electrons. The fourth-order valence-electron chi connectivity index (χ4n) is 1.55. The fraction of sp³-hybridized carbons (Fsp3) is 0.429. The van der Waals surface area contributed by atoms with Gasteiger partial charge in [-0.1, -0.05) is 31.7 Å². The monoisotopic (exact) mass is 309 g/mol. The van der Waals surface area contributed by atoms with E-state index < -0.39 is 5.97 Å². The van der Waals surface area contributed by atoms with Crippen LogP contribution in [0.5, 0.6) is 0 Å². The van der Waals surface area contributed by atoms with Gasteiger partial charge >= 0.3 is 5.97 Å². The van der Waals surface area contributed by atoms with E-state index in [-0.39, 0.29) is 23.1 Å². The molecule has 0 bridgehead atoms. The van der Waals surface area contributed by atoms with Crippen LogP contribution in [0, 0.1) is 6.92 Å². The third kappa shape index (κ3) is 4.86. The molecule has 0 aliphatic rings. The second kappa shape index (κ2) is 7.78. The fourth-order valence-corrected chi connectivity index (χ4v) is 2.45. The minimum atomic E-state index is -1.09. The van der Waals surface area contributed by atoms with Crippen LogP contribution in [-0.2, 0) is 4.79 Å². The van der Waals surface area contributed by atoms with Gasteiger partial charge in [-0.3, -0.25) is 4.79 Å². The van der Waals surface area contributed by atoms with Crippen molar-refractivity contribution in [3.63, 3.8) is 0 Å². The Balaban J connectivity index is 2.99. The predicted octanol–water partition coefficient (Wildman–Crippen LogP) is 2.00. The van der Waals surface area contributed by atoms with Gasteiger partial charge in [-0.2, -0.15) is 0 Å². The second-order valence-electron chi connectivity index (χ2n) is 4.69. The summed E-state index contributed by atoms with van der Waals surface area (Å²) in [5, 5.41) is 12.2. The summed E-state index contributed by atoms with van der Waals surface area (Å²) in [6.07, 6.45) is 1.58. The summed E-state index contributed by atoms with van der Waals surface area (Å²) < 4.78 is 0. The van der Waals surface area contributed by atoms with Crippen LogP contribution in [0.1, 0.15) is 41.6 Å². The highest BCUT2D eigenvalue weighted by Gasteiger charge is 2.20. The van der Waals surface area contributed by atoms with Gasteiger partial charge in [0.2, 0.25) is 5.91 Å². The zero-order chi connectivity index (χ0) is 16.0. The Labute approximate surface area is 128 Å². The highest BCUT2D eigenvalue weighted by molar-refractivity contribution is 8.00. The molecule has 0 aliphatic carbocycles. The highest BCUT2D eigenvalue weighted by atomic mass is 32.2. The highest BCUT2D eigenvalue weighted by Crippen LogP contribution is 2.24. The van der Waals surface area contributed by atoms with Gasteiger partial charge in [-0.05, 0) is 6.92 Å². The maximum absolute atomic E-state index is 11.6. The first-order valence-electron chi connectivity index (χ1n) is 6.49. The topological polar surface area (TPSA) is 92.2 Å². The normalized spacial score (nSPS) is 10.5. The first-order valence-corrected chi connectivity index (χ1v) is 7.47. The summed E-state index contributed by atoms with van der Waals surface area (Å²) in [4.78, 5) is 31.4. The number of amides is 1. The molecule has 1 amide bonds. The Bertz CT molecular complexity index is 559. The lowest BCUT2D eigenvalue weighted by atomic mass is 10.2. The Morgan fingerprint density at radius 1 is 1.43 bits per heavy atom. The summed E-state index contributed by atoms with van der Waals surface area (Å²) in [6, 6.07) is 0. The molecule has 0 unspecified atom stereocenters. The van der Waals surface area contributed by atoms with Crippen molar-refractivity contribution < 1.29 is 14.7 Å². The van der Waals surface area contributed by atoms with Crippen molar-refractivity contribution in [2.24, 2.45) is 0 Å². The van der Waals surface area contributed by atoms with Crippen LogP contribution in [-0.4, -0.2) is 39.2 Å². The minimum Gasteiger partial charge on any atom is -0.478 e. The molecule has 6 nitrogen and oxygen atoms in total. The van der Waals surface area contributed by atoms with Crippen LogP contribution in [0.2, 0.25) is 0 Å². The van der Waals surface area contributed by atoms with Crippen molar-refractivity contribution in [3.05, 3.63) is 29.7 Å². The van der Waals surface area contributed by atoms with Crippen molar-refractivity contribution >= 4 is 23.6 Å². The molecule has 1 aromatic heterocycles. The molecule has 0 aliphatic heterocycles. The molecule has 0 atom stereocenters. The van der Waals surface area contributed by atoms with E-state index in [9.17, 15) is 14.7 Å². The number of thioether (sulfide) groups is 1. The maximum atomic E-state index is 11.6. The first-order chi connectivity index (χ1) is 9.86. The summed E-state index contributed by atoms with van der Waals surface area (Å²) >= 11 is 1.10. The van der Waals surface area contributed by atoms with Gasteiger partial charge in [-0.15, -0.1) is 6.58 Å². The van der Waals surface area contributed by atoms with Crippen LogP contribution < -0.4 is 5.32 Å². The molecule has 7 heteroatoms. The van der Waals surface area contributed by atoms with Crippen LogP contribution >= 0.6 is 11.8 Å². The third-order valence-electron chi connectivity index (χ3n) is 2.59. The number of hydrogen-bond acceptors (Lipinski definition) is 5. The SMILES string of the molecule is C=CCNC(=O)CSc1nc(C(C)C)nc(C)c1C(=O)O. The number of hydrogen-bond donors (Lipinski definition) is 2. The second-order valence-corrected chi connectivity index (χ2v) is 5.65. The average molecular weight is 309 g/mol. The molecule has 0 saturated carbocycles. The van der Waals surface area contributed by atoms with E-state index in [1.807, 2.05) is 13.8 Å². The third-order valence-corrected chi connectivity index (χ3v) is 3.56. The molecule has 114 valence electrons. The van der Waals surface area contributed by atoms with Crippen molar-refractivity contribution in [2.45, 2.75) is 31.7 Å². The summed E-state index contributed by atoms with van der Waals surface area (Å²) in [5.74, 6) is -0.523. The molecule has 0 saturated heterocycles. The zero-order valence-corrected chi connectivity index (χ0v) is 13.2. The van der Waals surface area contributed by atoms with Gasteiger partial charge in [0.25, 0.3) is 0 Å². The number of carboxylic acid groups (broad SMARTS) is 1. The minimum absolute atomic E-state index is 0.0564. The molecule has 1 aromatic rings. The number of aromatic nitrogens is 2. The summed E-state index contributed by atoms with van der Waals surface area (Å²) in [6.45, 7) is 9.39. The van der Waals surface area contributed by atoms with Gasteiger partial charge in [0.1, 0.15) is 16.4 Å². The molecule has 0 fully saturated rings. The number of aromatic carboxylic acids is 1. The van der Waals surface area contributed by atoms with E-state index in [0.29, 0.717) is 23.1 Å². The smallest absolute Gasteiger partial charge is 0.340 e. The lowest BCUT2D eigenvalue weighted by Gasteiger charge is -2.11. The summed E-state index contributed by atoms with van der Waals surface area (Å²) in [7, 11) is 0. The number of rotatable bonds is 7. The van der Waals surface area contributed by atoms with E-state index in [1.165, 1.54) is 0 Å². The number of nitrogens with one attached hydrogen (secondary N) is 1. The van der Waals surface area contributed by atoms with Gasteiger partial charge in [0, 0.05) is 12.5 Å². The van der Waals surface area contributed by atoms with Gasteiger partial charge in [0.15, 0.2) is 0 Å². The Morgan fingerprint density at radius 2 is 2.10 bits per heavy atom. The maximum Gasteiger partial charge on any atom is 0.340 e. The number of carbonyl (C=O) groups excluding carboxylic acids is 1. The molecule has 21 heavy (non-hydrogen) atoms. The number of nitrogens with zero attached hydrogens (tertiary/aromatic N) is 2. The Kier molecular flexibility index (Phi) is 6.36. The first kappa shape index (κ1) is 17.2. The van der Waals surface area contributed by atoms with Crippen LogP contribution in [0.3, 0.4) is 0 Å². The van der Waals surface area contributed by atoms with Crippen LogP contribution in [0.25, 0.3) is 0 Å². The molecule has 1 rings (SSSR count). The van der Waals surface area contributed by atoms with Crippen molar-refractivity contribution in [1.29, 1.82) is 0 Å². The quantitative estimate of drug-likeness (QED) is 0.455. The molecule has 1 heterocycles. The van der Waals surface area contributed by atoms with E-state index in [2.05, 4.69) is 21.9 Å². The van der Waals surface area contributed by atoms with E-state index >= 15 is 0 Å². The van der Waals surface area contributed by atoms with Gasteiger partial charge in [-0.25, -0.2) is 14.8 Å². The molecular weight excluding hydrogens is 290 g/mol.